The van der Waals surface area contributed by atoms with Gasteiger partial charge in [-0.2, -0.15) is 0 Å². The van der Waals surface area contributed by atoms with Crippen LogP contribution in [0.25, 0.3) is 5.65 Å². The maximum absolute atomic E-state index is 12.1. The van der Waals surface area contributed by atoms with Gasteiger partial charge in [-0.1, -0.05) is 0 Å². The Bertz CT molecular complexity index is 948. The molecule has 0 saturated carbocycles. The minimum Gasteiger partial charge on any atom is -0.452 e. The van der Waals surface area contributed by atoms with Crippen LogP contribution in [0.5, 0.6) is 0 Å². The first-order valence-corrected chi connectivity index (χ1v) is 8.74. The molecule has 25 heavy (non-hydrogen) atoms. The number of carbonyl (C=O) groups excluding carboxylic acids is 2. The Labute approximate surface area is 159 Å². The monoisotopic (exact) mass is 466 g/mol. The van der Waals surface area contributed by atoms with Crippen molar-refractivity contribution in [1.29, 1.82) is 0 Å². The molecule has 2 aromatic heterocycles. The van der Waals surface area contributed by atoms with Gasteiger partial charge in [0.15, 0.2) is 12.3 Å². The quantitative estimate of drug-likeness (QED) is 0.594. The van der Waals surface area contributed by atoms with Gasteiger partial charge in [0.05, 0.1) is 11.3 Å². The number of benzene rings is 1. The highest BCUT2D eigenvalue weighted by molar-refractivity contribution is 9.11. The van der Waals surface area contributed by atoms with E-state index in [1.807, 2.05) is 19.1 Å². The summed E-state index contributed by atoms with van der Waals surface area (Å²) in [7, 11) is 0. The maximum atomic E-state index is 12.1. The van der Waals surface area contributed by atoms with Gasteiger partial charge in [-0.05, 0) is 68.6 Å². The second kappa shape index (κ2) is 7.32. The van der Waals surface area contributed by atoms with Crippen LogP contribution in [-0.4, -0.2) is 33.1 Å². The number of amides is 1. The zero-order valence-corrected chi connectivity index (χ0v) is 16.2. The van der Waals surface area contributed by atoms with Gasteiger partial charge >= 0.3 is 5.97 Å². The lowest BCUT2D eigenvalue weighted by Gasteiger charge is -2.11. The zero-order chi connectivity index (χ0) is 18.0. The number of esters is 1. The van der Waals surface area contributed by atoms with Crippen LogP contribution in [0.2, 0.25) is 0 Å². The third-order valence-corrected chi connectivity index (χ3v) is 4.56. The van der Waals surface area contributed by atoms with Gasteiger partial charge in [0, 0.05) is 15.1 Å². The number of ether oxygens (including phenoxy) is 1. The average Bonchev–Trinajstić information content (AvgIpc) is 3.03. The van der Waals surface area contributed by atoms with Crippen LogP contribution in [0, 0.1) is 6.92 Å². The molecule has 0 aliphatic carbocycles. The molecule has 0 saturated heterocycles. The lowest BCUT2D eigenvalue weighted by atomic mass is 10.2. The molecule has 128 valence electrons. The molecular formula is C16H12Br2N4O3. The molecule has 0 fully saturated rings. The molecule has 0 radical (unpaired) electrons. The highest BCUT2D eigenvalue weighted by Gasteiger charge is 2.14. The van der Waals surface area contributed by atoms with E-state index in [0.717, 1.165) is 14.5 Å². The van der Waals surface area contributed by atoms with Crippen LogP contribution >= 0.6 is 31.9 Å². The highest BCUT2D eigenvalue weighted by atomic mass is 79.9. The molecule has 7 nitrogen and oxygen atoms in total. The predicted octanol–water partition coefficient (Wildman–Crippen LogP) is 3.36. The molecule has 1 amide bonds. The van der Waals surface area contributed by atoms with Gasteiger partial charge in [0.2, 0.25) is 0 Å². The Morgan fingerprint density at radius 2 is 1.96 bits per heavy atom. The number of rotatable bonds is 4. The summed E-state index contributed by atoms with van der Waals surface area (Å²) in [4.78, 5) is 24.1. The zero-order valence-electron chi connectivity index (χ0n) is 13.0. The Morgan fingerprint density at radius 3 is 2.68 bits per heavy atom. The summed E-state index contributed by atoms with van der Waals surface area (Å²) in [5.41, 5.74) is 2.53. The molecule has 0 aliphatic rings. The smallest absolute Gasteiger partial charge is 0.340 e. The Hall–Kier alpha value is -2.26. The lowest BCUT2D eigenvalue weighted by Crippen LogP contribution is -2.21. The minimum atomic E-state index is -0.604. The van der Waals surface area contributed by atoms with Crippen molar-refractivity contribution in [2.24, 2.45) is 0 Å². The molecule has 1 N–H and O–H groups in total. The maximum Gasteiger partial charge on any atom is 0.340 e. The number of fused-ring (bicyclic) bond motifs is 1. The summed E-state index contributed by atoms with van der Waals surface area (Å²) >= 11 is 6.79. The summed E-state index contributed by atoms with van der Waals surface area (Å²) in [6.07, 6.45) is 3.02. The van der Waals surface area contributed by atoms with E-state index in [2.05, 4.69) is 47.4 Å². The summed E-state index contributed by atoms with van der Waals surface area (Å²) in [6.45, 7) is 1.54. The molecule has 9 heteroatoms. The number of anilines is 1. The van der Waals surface area contributed by atoms with E-state index in [-0.39, 0.29) is 0 Å². The summed E-state index contributed by atoms with van der Waals surface area (Å²) < 4.78 is 8.12. The fraction of sp³-hybridized carbons (Fsp3) is 0.125. The third-order valence-electron chi connectivity index (χ3n) is 3.31. The molecule has 3 aromatic rings. The largest absolute Gasteiger partial charge is 0.452 e. The van der Waals surface area contributed by atoms with Gasteiger partial charge < -0.3 is 10.1 Å². The first-order valence-electron chi connectivity index (χ1n) is 7.16. The summed E-state index contributed by atoms with van der Waals surface area (Å²) in [5, 5.41) is 10.3. The van der Waals surface area contributed by atoms with Crippen LogP contribution in [0.1, 0.15) is 15.9 Å². The number of carbonyl (C=O) groups is 2. The highest BCUT2D eigenvalue weighted by Crippen LogP contribution is 2.32. The topological polar surface area (TPSA) is 85.6 Å². The lowest BCUT2D eigenvalue weighted by molar-refractivity contribution is -0.119. The molecule has 3 rings (SSSR count). The van der Waals surface area contributed by atoms with Crippen LogP contribution in [0.3, 0.4) is 0 Å². The van der Waals surface area contributed by atoms with Crippen LogP contribution in [0.4, 0.5) is 5.69 Å². The number of halogens is 2. The number of hydrogen-bond acceptors (Lipinski definition) is 5. The molecule has 0 bridgehead atoms. The Kier molecular flexibility index (Phi) is 5.14. The standard InChI is InChI=1S/C16H12Br2N4O3/c1-9-4-11(17)15(12(18)5-9)20-14(23)7-25-16(24)10-2-3-13-21-19-8-22(13)6-10/h2-6,8H,7H2,1H3,(H,20,23). The van der Waals surface area contributed by atoms with Crippen LogP contribution in [0.15, 0.2) is 45.7 Å². The van der Waals surface area contributed by atoms with Crippen molar-refractivity contribution in [2.75, 3.05) is 11.9 Å². The Balaban J connectivity index is 1.63. The van der Waals surface area contributed by atoms with Crippen molar-refractivity contribution in [3.63, 3.8) is 0 Å². The van der Waals surface area contributed by atoms with Gasteiger partial charge in [-0.3, -0.25) is 9.20 Å². The van der Waals surface area contributed by atoms with E-state index < -0.39 is 18.5 Å². The van der Waals surface area contributed by atoms with Crippen molar-refractivity contribution in [1.82, 2.24) is 14.6 Å². The van der Waals surface area contributed by atoms with E-state index in [1.165, 1.54) is 6.33 Å². The molecule has 2 heterocycles. The number of pyridine rings is 1. The normalized spacial score (nSPS) is 10.7. The molecule has 0 unspecified atom stereocenters. The fourth-order valence-electron chi connectivity index (χ4n) is 2.16. The van der Waals surface area contributed by atoms with E-state index in [4.69, 9.17) is 4.74 Å². The van der Waals surface area contributed by atoms with Crippen molar-refractivity contribution in [2.45, 2.75) is 6.92 Å². The number of nitrogens with zero attached hydrogens (tertiary/aromatic N) is 3. The summed E-state index contributed by atoms with van der Waals surface area (Å²) in [6, 6.07) is 6.96. The molecule has 0 aliphatic heterocycles. The van der Waals surface area contributed by atoms with Crippen molar-refractivity contribution in [3.05, 3.63) is 56.9 Å². The van der Waals surface area contributed by atoms with Gasteiger partial charge in [0.25, 0.3) is 5.91 Å². The molecule has 0 atom stereocenters. The van der Waals surface area contributed by atoms with E-state index in [1.54, 1.807) is 22.7 Å². The van der Waals surface area contributed by atoms with E-state index in [0.29, 0.717) is 16.9 Å². The number of nitrogens with one attached hydrogen (secondary N) is 1. The van der Waals surface area contributed by atoms with Gasteiger partial charge in [-0.15, -0.1) is 10.2 Å². The predicted molar refractivity (Wildman–Crippen MR) is 98.5 cm³/mol. The van der Waals surface area contributed by atoms with Crippen molar-refractivity contribution >= 4 is 55.1 Å². The van der Waals surface area contributed by atoms with E-state index >= 15 is 0 Å². The second-order valence-electron chi connectivity index (χ2n) is 5.24. The Morgan fingerprint density at radius 1 is 1.24 bits per heavy atom. The molecule has 1 aromatic carbocycles. The van der Waals surface area contributed by atoms with Crippen LogP contribution < -0.4 is 5.32 Å². The SMILES string of the molecule is Cc1cc(Br)c(NC(=O)COC(=O)c2ccc3nncn3c2)c(Br)c1. The molecule has 0 spiro atoms. The van der Waals surface area contributed by atoms with Crippen molar-refractivity contribution in [3.8, 4) is 0 Å². The second-order valence-corrected chi connectivity index (χ2v) is 6.95. The van der Waals surface area contributed by atoms with E-state index in [9.17, 15) is 9.59 Å². The van der Waals surface area contributed by atoms with Gasteiger partial charge in [-0.25, -0.2) is 4.79 Å². The first-order chi connectivity index (χ1) is 11.9. The molecular weight excluding hydrogens is 456 g/mol. The number of aromatic nitrogens is 3. The van der Waals surface area contributed by atoms with Gasteiger partial charge in [0.1, 0.15) is 6.33 Å². The third kappa shape index (κ3) is 4.05. The first kappa shape index (κ1) is 17.6. The average molecular weight is 468 g/mol. The number of aryl methyl sites for hydroxylation is 1. The van der Waals surface area contributed by atoms with Crippen molar-refractivity contribution < 1.29 is 14.3 Å². The fourth-order valence-corrected chi connectivity index (χ4v) is 3.77. The summed E-state index contributed by atoms with van der Waals surface area (Å²) in [5.74, 6) is -1.04. The number of hydrogen-bond donors (Lipinski definition) is 1. The minimum absolute atomic E-state index is 0.304. The van der Waals surface area contributed by atoms with Crippen LogP contribution in [-0.2, 0) is 9.53 Å².